The summed E-state index contributed by atoms with van der Waals surface area (Å²) in [5.74, 6) is 0. The van der Waals surface area contributed by atoms with Gasteiger partial charge in [0.1, 0.15) is 0 Å². The summed E-state index contributed by atoms with van der Waals surface area (Å²) in [5, 5.41) is 1.40. The van der Waals surface area contributed by atoms with E-state index in [0.29, 0.717) is 0 Å². The molecular weight excluding hydrogens is 378 g/mol. The Morgan fingerprint density at radius 1 is 1.03 bits per heavy atom. The minimum absolute atomic E-state index is 1.03. The Morgan fingerprint density at radius 3 is 2.65 bits per heavy atom. The van der Waals surface area contributed by atoms with E-state index in [1.165, 1.54) is 44.4 Å². The first-order chi connectivity index (χ1) is 15.2. The summed E-state index contributed by atoms with van der Waals surface area (Å²) in [6.07, 6.45) is 8.23. The van der Waals surface area contributed by atoms with Gasteiger partial charge in [0.2, 0.25) is 0 Å². The number of pyridine rings is 1. The fraction of sp³-hybridized carbons (Fsp3) is 0.250. The quantitative estimate of drug-likeness (QED) is 0.407. The standard InChI is InChI=1S/C28H29N3/c1-21-8-9-27-25(18-21)26-20-30(16-12-23-6-4-3-5-7-23)17-13-28(26)31(27)19-22(2)24-10-14-29-15-11-24/h3-11,14-15,18-19H,12-13,16-17,20H2,1-2H3. The molecule has 0 aliphatic carbocycles. The zero-order chi connectivity index (χ0) is 21.2. The number of fused-ring (bicyclic) bond motifs is 3. The second kappa shape index (κ2) is 8.52. The lowest BCUT2D eigenvalue weighted by atomic mass is 10.0. The summed E-state index contributed by atoms with van der Waals surface area (Å²) in [5.41, 5.74) is 9.49. The van der Waals surface area contributed by atoms with Gasteiger partial charge in [-0.05, 0) is 66.8 Å². The average molecular weight is 408 g/mol. The second-order valence-corrected chi connectivity index (χ2v) is 8.63. The molecule has 0 radical (unpaired) electrons. The molecule has 1 aliphatic heterocycles. The van der Waals surface area contributed by atoms with Gasteiger partial charge in [0.15, 0.2) is 0 Å². The second-order valence-electron chi connectivity index (χ2n) is 8.63. The highest BCUT2D eigenvalue weighted by atomic mass is 15.1. The lowest BCUT2D eigenvalue weighted by Gasteiger charge is -2.28. The average Bonchev–Trinajstić information content (AvgIpc) is 3.11. The highest BCUT2D eigenvalue weighted by molar-refractivity contribution is 5.90. The van der Waals surface area contributed by atoms with Crippen LogP contribution < -0.4 is 0 Å². The molecule has 0 spiro atoms. The zero-order valence-corrected chi connectivity index (χ0v) is 18.4. The Balaban J connectivity index is 1.49. The van der Waals surface area contributed by atoms with Crippen LogP contribution in [0.3, 0.4) is 0 Å². The van der Waals surface area contributed by atoms with Gasteiger partial charge in [0.05, 0.1) is 5.52 Å². The number of hydrogen-bond acceptors (Lipinski definition) is 2. The minimum Gasteiger partial charge on any atom is -0.320 e. The Bertz CT molecular complexity index is 1220. The fourth-order valence-corrected chi connectivity index (χ4v) is 4.72. The van der Waals surface area contributed by atoms with Crippen LogP contribution in [0.2, 0.25) is 0 Å². The van der Waals surface area contributed by atoms with Crippen LogP contribution in [-0.2, 0) is 19.4 Å². The number of aryl methyl sites for hydroxylation is 1. The SMILES string of the molecule is CC(=Cn1c2c(c3cc(C)ccc31)CN(CCc1ccccc1)CC2)c1ccncc1. The van der Waals surface area contributed by atoms with Crippen LogP contribution in [-0.4, -0.2) is 27.5 Å². The molecule has 0 bridgehead atoms. The number of rotatable bonds is 5. The summed E-state index contributed by atoms with van der Waals surface area (Å²) in [6.45, 7) is 7.62. The number of allylic oxidation sites excluding steroid dienone is 1. The van der Waals surface area contributed by atoms with Gasteiger partial charge in [-0.25, -0.2) is 0 Å². The van der Waals surface area contributed by atoms with Crippen LogP contribution in [0.15, 0.2) is 73.1 Å². The van der Waals surface area contributed by atoms with Crippen molar-refractivity contribution in [3.63, 3.8) is 0 Å². The summed E-state index contributed by atoms with van der Waals surface area (Å²) < 4.78 is 2.44. The zero-order valence-electron chi connectivity index (χ0n) is 18.4. The molecule has 31 heavy (non-hydrogen) atoms. The van der Waals surface area contributed by atoms with E-state index in [2.05, 4.69) is 95.2 Å². The van der Waals surface area contributed by atoms with Gasteiger partial charge in [-0.1, -0.05) is 42.0 Å². The van der Waals surface area contributed by atoms with E-state index >= 15 is 0 Å². The van der Waals surface area contributed by atoms with Crippen molar-refractivity contribution in [2.24, 2.45) is 0 Å². The molecular formula is C28H29N3. The van der Waals surface area contributed by atoms with Gasteiger partial charge in [-0.15, -0.1) is 0 Å². The van der Waals surface area contributed by atoms with Crippen molar-refractivity contribution in [2.45, 2.75) is 33.2 Å². The van der Waals surface area contributed by atoms with Crippen molar-refractivity contribution in [1.82, 2.24) is 14.5 Å². The summed E-state index contributed by atoms with van der Waals surface area (Å²) >= 11 is 0. The van der Waals surface area contributed by atoms with E-state index in [9.17, 15) is 0 Å². The fourth-order valence-electron chi connectivity index (χ4n) is 4.72. The molecule has 3 nitrogen and oxygen atoms in total. The monoisotopic (exact) mass is 407 g/mol. The van der Waals surface area contributed by atoms with Gasteiger partial charge < -0.3 is 4.57 Å². The van der Waals surface area contributed by atoms with E-state index in [1.54, 1.807) is 0 Å². The summed E-state index contributed by atoms with van der Waals surface area (Å²) in [6, 6.07) is 21.9. The molecule has 2 aromatic heterocycles. The number of benzene rings is 2. The van der Waals surface area contributed by atoms with E-state index in [-0.39, 0.29) is 0 Å². The molecule has 0 saturated heterocycles. The molecule has 156 valence electrons. The maximum absolute atomic E-state index is 4.16. The van der Waals surface area contributed by atoms with Crippen LogP contribution in [0, 0.1) is 6.92 Å². The third kappa shape index (κ3) is 4.06. The van der Waals surface area contributed by atoms with E-state index in [1.807, 2.05) is 12.4 Å². The predicted octanol–water partition coefficient (Wildman–Crippen LogP) is 5.96. The molecule has 1 aliphatic rings. The Morgan fingerprint density at radius 2 is 1.84 bits per heavy atom. The lowest BCUT2D eigenvalue weighted by molar-refractivity contribution is 0.257. The van der Waals surface area contributed by atoms with Gasteiger partial charge in [0.25, 0.3) is 0 Å². The molecule has 0 atom stereocenters. The number of hydrogen-bond donors (Lipinski definition) is 0. The van der Waals surface area contributed by atoms with Crippen LogP contribution in [0.25, 0.3) is 22.7 Å². The molecule has 0 saturated carbocycles. The van der Waals surface area contributed by atoms with Crippen molar-refractivity contribution in [3.05, 3.63) is 101 Å². The van der Waals surface area contributed by atoms with Crippen molar-refractivity contribution >= 4 is 22.7 Å². The molecule has 3 heteroatoms. The maximum Gasteiger partial charge on any atom is 0.0529 e. The maximum atomic E-state index is 4.16. The van der Waals surface area contributed by atoms with Crippen molar-refractivity contribution in [1.29, 1.82) is 0 Å². The van der Waals surface area contributed by atoms with Crippen LogP contribution in [0.4, 0.5) is 0 Å². The first-order valence-corrected chi connectivity index (χ1v) is 11.2. The number of nitrogens with zero attached hydrogens (tertiary/aromatic N) is 3. The minimum atomic E-state index is 1.03. The summed E-state index contributed by atoms with van der Waals surface area (Å²) in [4.78, 5) is 6.77. The molecule has 0 amide bonds. The Hall–Kier alpha value is -3.17. The van der Waals surface area contributed by atoms with E-state index in [4.69, 9.17) is 0 Å². The Kier molecular flexibility index (Phi) is 5.44. The highest BCUT2D eigenvalue weighted by Gasteiger charge is 2.23. The first-order valence-electron chi connectivity index (χ1n) is 11.2. The smallest absolute Gasteiger partial charge is 0.0529 e. The Labute approximate surface area is 184 Å². The van der Waals surface area contributed by atoms with Crippen molar-refractivity contribution in [2.75, 3.05) is 13.1 Å². The first kappa shape index (κ1) is 19.8. The topological polar surface area (TPSA) is 21.1 Å². The molecule has 4 aromatic rings. The van der Waals surface area contributed by atoms with E-state index < -0.39 is 0 Å². The largest absolute Gasteiger partial charge is 0.320 e. The highest BCUT2D eigenvalue weighted by Crippen LogP contribution is 2.33. The van der Waals surface area contributed by atoms with E-state index in [0.717, 1.165) is 32.5 Å². The predicted molar refractivity (Wildman–Crippen MR) is 130 cm³/mol. The van der Waals surface area contributed by atoms with Crippen molar-refractivity contribution < 1.29 is 0 Å². The van der Waals surface area contributed by atoms with Gasteiger partial charge in [-0.3, -0.25) is 9.88 Å². The molecule has 0 fully saturated rings. The molecule has 3 heterocycles. The van der Waals surface area contributed by atoms with Gasteiger partial charge in [0, 0.05) is 55.7 Å². The number of aromatic nitrogens is 2. The lowest BCUT2D eigenvalue weighted by Crippen LogP contribution is -2.32. The van der Waals surface area contributed by atoms with Crippen LogP contribution in [0.5, 0.6) is 0 Å². The molecule has 2 aromatic carbocycles. The molecule has 0 unspecified atom stereocenters. The normalized spacial score (nSPS) is 14.7. The van der Waals surface area contributed by atoms with Crippen LogP contribution >= 0.6 is 0 Å². The third-order valence-corrected chi connectivity index (χ3v) is 6.44. The summed E-state index contributed by atoms with van der Waals surface area (Å²) in [7, 11) is 0. The van der Waals surface area contributed by atoms with Gasteiger partial charge >= 0.3 is 0 Å². The third-order valence-electron chi connectivity index (χ3n) is 6.44. The van der Waals surface area contributed by atoms with Gasteiger partial charge in [-0.2, -0.15) is 0 Å². The van der Waals surface area contributed by atoms with Crippen LogP contribution in [0.1, 0.15) is 34.9 Å². The molecule has 0 N–H and O–H groups in total. The molecule has 5 rings (SSSR count). The van der Waals surface area contributed by atoms with Crippen molar-refractivity contribution in [3.8, 4) is 0 Å².